The lowest BCUT2D eigenvalue weighted by molar-refractivity contribution is 0.782. The summed E-state index contributed by atoms with van der Waals surface area (Å²) in [4.78, 5) is 5.21. The smallest absolute Gasteiger partial charge is 0.134 e. The van der Waals surface area contributed by atoms with Gasteiger partial charge in [-0.1, -0.05) is 127 Å². The Kier molecular flexibility index (Phi) is 6.25. The van der Waals surface area contributed by atoms with Crippen LogP contribution in [0.25, 0.3) is 65.5 Å². The maximum atomic E-state index is 5.21. The normalized spacial score (nSPS) is 14.7. The minimum Gasteiger partial charge on any atom is -0.359 e. The number of hydrogen-bond acceptors (Lipinski definition) is 2. The third kappa shape index (κ3) is 4.70. The molecule has 3 heteroatoms. The zero-order valence-electron chi connectivity index (χ0n) is 26.7. The number of nitrogens with one attached hydrogen (secondary N) is 1. The van der Waals surface area contributed by atoms with Gasteiger partial charge in [0.1, 0.15) is 5.84 Å². The summed E-state index contributed by atoms with van der Waals surface area (Å²) in [6.45, 7) is 0. The van der Waals surface area contributed by atoms with E-state index in [1.807, 2.05) is 0 Å². The molecule has 9 aromatic rings. The summed E-state index contributed by atoms with van der Waals surface area (Å²) >= 11 is 0. The van der Waals surface area contributed by atoms with E-state index in [0.717, 1.165) is 28.3 Å². The van der Waals surface area contributed by atoms with Crippen LogP contribution in [0.4, 0.5) is 0 Å². The number of rotatable bonds is 4. The Labute approximate surface area is 284 Å². The Bertz CT molecular complexity index is 2800. The number of fused-ring (bicyclic) bond motifs is 6. The van der Waals surface area contributed by atoms with Crippen LogP contribution in [0.1, 0.15) is 22.7 Å². The van der Waals surface area contributed by atoms with Crippen LogP contribution in [0, 0.1) is 0 Å². The Morgan fingerprint density at radius 3 is 1.98 bits per heavy atom. The van der Waals surface area contributed by atoms with Gasteiger partial charge in [0.2, 0.25) is 0 Å². The van der Waals surface area contributed by atoms with Crippen LogP contribution >= 0.6 is 0 Å². The van der Waals surface area contributed by atoms with Gasteiger partial charge in [-0.15, -0.1) is 0 Å². The number of hydrogen-bond donors (Lipinski definition) is 1. The standard InChI is InChI=1S/C46H31N3/c1-2-11-32(12-3-1)42-29-43(36-20-18-30-10-4-5-13-33(30)24-36)48-46(47-42)37-21-19-31-22-23-39(26-38(31)25-37)49-44-17-9-8-16-40(44)41-27-34-14-6-7-15-35(34)28-45(41)49/h1-29,43H,(H,47,48). The van der Waals surface area contributed by atoms with Crippen LogP contribution in [-0.4, -0.2) is 10.4 Å². The topological polar surface area (TPSA) is 29.3 Å². The van der Waals surface area contributed by atoms with Crippen molar-refractivity contribution in [1.29, 1.82) is 0 Å². The highest BCUT2D eigenvalue weighted by Crippen LogP contribution is 2.36. The highest BCUT2D eigenvalue weighted by Gasteiger charge is 2.21. The molecule has 0 fully saturated rings. The molecule has 1 atom stereocenters. The molecule has 1 aliphatic rings. The fourth-order valence-corrected chi connectivity index (χ4v) is 7.49. The van der Waals surface area contributed by atoms with Gasteiger partial charge in [-0.3, -0.25) is 0 Å². The molecule has 1 aromatic heterocycles. The number of nitrogens with zero attached hydrogens (tertiary/aromatic N) is 2. The van der Waals surface area contributed by atoms with Gasteiger partial charge in [-0.2, -0.15) is 0 Å². The highest BCUT2D eigenvalue weighted by molar-refractivity contribution is 6.14. The maximum Gasteiger partial charge on any atom is 0.134 e. The van der Waals surface area contributed by atoms with E-state index in [1.54, 1.807) is 0 Å². The summed E-state index contributed by atoms with van der Waals surface area (Å²) in [5.41, 5.74) is 7.91. The third-order valence-corrected chi connectivity index (χ3v) is 9.95. The van der Waals surface area contributed by atoms with Crippen LogP contribution in [0.2, 0.25) is 0 Å². The number of benzene rings is 8. The predicted molar refractivity (Wildman–Crippen MR) is 207 cm³/mol. The lowest BCUT2D eigenvalue weighted by Gasteiger charge is -2.25. The molecule has 2 heterocycles. The molecule has 0 bridgehead atoms. The van der Waals surface area contributed by atoms with Crippen LogP contribution < -0.4 is 5.32 Å². The summed E-state index contributed by atoms with van der Waals surface area (Å²) in [5, 5.41) is 13.7. The summed E-state index contributed by atoms with van der Waals surface area (Å²) in [6, 6.07) is 61.2. The van der Waals surface area contributed by atoms with E-state index < -0.39 is 0 Å². The lowest BCUT2D eigenvalue weighted by Crippen LogP contribution is -2.31. The number of aromatic nitrogens is 1. The van der Waals surface area contributed by atoms with Gasteiger partial charge in [0.25, 0.3) is 0 Å². The average Bonchev–Trinajstić information content (AvgIpc) is 3.49. The minimum atomic E-state index is -0.0261. The first-order valence-electron chi connectivity index (χ1n) is 16.8. The van der Waals surface area contributed by atoms with Crippen LogP contribution in [0.3, 0.4) is 0 Å². The largest absolute Gasteiger partial charge is 0.359 e. The predicted octanol–water partition coefficient (Wildman–Crippen LogP) is 11.4. The SMILES string of the molecule is C1=C(c2ccccc2)N=C(c2ccc3ccc(-n4c5ccccc5c5cc6ccccc6cc54)cc3c2)NC1c1ccc2ccccc2c1. The molecule has 10 rings (SSSR count). The summed E-state index contributed by atoms with van der Waals surface area (Å²) in [6.07, 6.45) is 2.24. The van der Waals surface area contributed by atoms with Gasteiger partial charge in [0.05, 0.1) is 22.8 Å². The first-order valence-corrected chi connectivity index (χ1v) is 16.8. The molecule has 0 spiro atoms. The van der Waals surface area contributed by atoms with Crippen LogP contribution in [0.5, 0.6) is 0 Å². The molecular weight excluding hydrogens is 595 g/mol. The molecule has 49 heavy (non-hydrogen) atoms. The Hall–Kier alpha value is -6.45. The van der Waals surface area contributed by atoms with E-state index in [0.29, 0.717) is 0 Å². The maximum absolute atomic E-state index is 5.21. The molecule has 0 radical (unpaired) electrons. The highest BCUT2D eigenvalue weighted by atomic mass is 15.0. The monoisotopic (exact) mass is 625 g/mol. The molecule has 0 saturated heterocycles. The molecule has 1 aliphatic heterocycles. The molecule has 230 valence electrons. The lowest BCUT2D eigenvalue weighted by atomic mass is 9.97. The minimum absolute atomic E-state index is 0.0261. The van der Waals surface area contributed by atoms with Crippen molar-refractivity contribution in [3.8, 4) is 5.69 Å². The van der Waals surface area contributed by atoms with E-state index in [1.165, 1.54) is 59.7 Å². The molecule has 0 aliphatic carbocycles. The van der Waals surface area contributed by atoms with Crippen molar-refractivity contribution < 1.29 is 0 Å². The van der Waals surface area contributed by atoms with Gasteiger partial charge >= 0.3 is 0 Å². The second-order valence-electron chi connectivity index (χ2n) is 12.9. The molecule has 1 unspecified atom stereocenters. The van der Waals surface area contributed by atoms with Crippen molar-refractivity contribution in [3.05, 3.63) is 193 Å². The molecule has 0 amide bonds. The second kappa shape index (κ2) is 11.1. The number of amidine groups is 1. The van der Waals surface area contributed by atoms with E-state index in [2.05, 4.69) is 186 Å². The van der Waals surface area contributed by atoms with E-state index >= 15 is 0 Å². The van der Waals surface area contributed by atoms with Crippen LogP contribution in [-0.2, 0) is 0 Å². The second-order valence-corrected chi connectivity index (χ2v) is 12.9. The molecule has 3 nitrogen and oxygen atoms in total. The summed E-state index contributed by atoms with van der Waals surface area (Å²) in [7, 11) is 0. The molecule has 8 aromatic carbocycles. The average molecular weight is 626 g/mol. The first-order chi connectivity index (χ1) is 24.2. The van der Waals surface area contributed by atoms with E-state index in [9.17, 15) is 0 Å². The van der Waals surface area contributed by atoms with Gasteiger partial charge in [0, 0.05) is 22.0 Å². The fraction of sp³-hybridized carbons (Fsp3) is 0.0217. The van der Waals surface area contributed by atoms with Gasteiger partial charge in [-0.05, 0) is 92.0 Å². The van der Waals surface area contributed by atoms with Gasteiger partial charge in [0.15, 0.2) is 0 Å². The molecule has 0 saturated carbocycles. The summed E-state index contributed by atoms with van der Waals surface area (Å²) < 4.78 is 2.41. The van der Waals surface area contributed by atoms with Crippen molar-refractivity contribution in [1.82, 2.24) is 9.88 Å². The van der Waals surface area contributed by atoms with E-state index in [4.69, 9.17) is 4.99 Å². The zero-order chi connectivity index (χ0) is 32.3. The fourth-order valence-electron chi connectivity index (χ4n) is 7.49. The van der Waals surface area contributed by atoms with Gasteiger partial charge < -0.3 is 9.88 Å². The first kappa shape index (κ1) is 27.6. The summed E-state index contributed by atoms with van der Waals surface area (Å²) in [5.74, 6) is 0.871. The van der Waals surface area contributed by atoms with Crippen molar-refractivity contribution >= 4 is 65.7 Å². The zero-order valence-corrected chi connectivity index (χ0v) is 26.7. The van der Waals surface area contributed by atoms with Crippen LogP contribution in [0.15, 0.2) is 181 Å². The Morgan fingerprint density at radius 2 is 1.12 bits per heavy atom. The van der Waals surface area contributed by atoms with Crippen molar-refractivity contribution in [2.45, 2.75) is 6.04 Å². The quantitative estimate of drug-likeness (QED) is 0.207. The van der Waals surface area contributed by atoms with E-state index in [-0.39, 0.29) is 6.04 Å². The molecule has 1 N–H and O–H groups in total. The van der Waals surface area contributed by atoms with Gasteiger partial charge in [-0.25, -0.2) is 4.99 Å². The Morgan fingerprint density at radius 1 is 0.449 bits per heavy atom. The Balaban J connectivity index is 1.11. The van der Waals surface area contributed by atoms with Crippen molar-refractivity contribution in [2.75, 3.05) is 0 Å². The number of aliphatic imine (C=N–C) groups is 1. The third-order valence-electron chi connectivity index (χ3n) is 9.95. The number of para-hydroxylation sites is 1. The van der Waals surface area contributed by atoms with Crippen molar-refractivity contribution in [3.63, 3.8) is 0 Å². The van der Waals surface area contributed by atoms with Crippen molar-refractivity contribution in [2.24, 2.45) is 4.99 Å². The molecular formula is C46H31N3.